The maximum absolute atomic E-state index is 13.0. The monoisotopic (exact) mass is 444 g/mol. The largest absolute Gasteiger partial charge is 0.481 e. The summed E-state index contributed by atoms with van der Waals surface area (Å²) in [5, 5.41) is 0. The molecule has 1 unspecified atom stereocenters. The SMILES string of the molecule is CC(=O)c1cccc(OC(C)C(=O)N2CCN(S(=O)(=O)c3ccc(C)c(C)c3)CC2)c1. The Balaban J connectivity index is 1.62. The molecule has 0 saturated carbocycles. The van der Waals surface area contributed by atoms with Gasteiger partial charge in [0.1, 0.15) is 5.75 Å². The number of hydrogen-bond donors (Lipinski definition) is 0. The molecule has 7 nitrogen and oxygen atoms in total. The molecule has 8 heteroatoms. The Morgan fingerprint density at radius 1 is 0.968 bits per heavy atom. The van der Waals surface area contributed by atoms with Crippen molar-refractivity contribution in [1.29, 1.82) is 0 Å². The van der Waals surface area contributed by atoms with Gasteiger partial charge in [0.05, 0.1) is 4.90 Å². The van der Waals surface area contributed by atoms with Crippen LogP contribution in [0.5, 0.6) is 5.75 Å². The van der Waals surface area contributed by atoms with Crippen molar-refractivity contribution in [3.63, 3.8) is 0 Å². The van der Waals surface area contributed by atoms with Gasteiger partial charge in [0.2, 0.25) is 10.0 Å². The van der Waals surface area contributed by atoms with Gasteiger partial charge < -0.3 is 9.64 Å². The third kappa shape index (κ3) is 5.14. The molecule has 1 aliphatic heterocycles. The van der Waals surface area contributed by atoms with E-state index in [4.69, 9.17) is 4.74 Å². The van der Waals surface area contributed by atoms with Crippen LogP contribution in [0.4, 0.5) is 0 Å². The first kappa shape index (κ1) is 23.0. The van der Waals surface area contributed by atoms with Crippen LogP contribution in [0, 0.1) is 13.8 Å². The van der Waals surface area contributed by atoms with Crippen LogP contribution in [0.15, 0.2) is 47.4 Å². The number of carbonyl (C=O) groups is 2. The molecule has 1 fully saturated rings. The minimum absolute atomic E-state index is 0.0782. The fourth-order valence-electron chi connectivity index (χ4n) is 3.47. The van der Waals surface area contributed by atoms with Crippen LogP contribution in [0.2, 0.25) is 0 Å². The number of aryl methyl sites for hydroxylation is 2. The summed E-state index contributed by atoms with van der Waals surface area (Å²) in [5.74, 6) is 0.159. The summed E-state index contributed by atoms with van der Waals surface area (Å²) in [6.07, 6.45) is -0.745. The zero-order chi connectivity index (χ0) is 22.8. The highest BCUT2D eigenvalue weighted by atomic mass is 32.2. The lowest BCUT2D eigenvalue weighted by atomic mass is 10.1. The number of amides is 1. The summed E-state index contributed by atoms with van der Waals surface area (Å²) in [4.78, 5) is 26.2. The van der Waals surface area contributed by atoms with Crippen LogP contribution < -0.4 is 4.74 Å². The van der Waals surface area contributed by atoms with E-state index in [9.17, 15) is 18.0 Å². The predicted octanol–water partition coefficient (Wildman–Crippen LogP) is 2.81. The first-order valence-corrected chi connectivity index (χ1v) is 11.7. The highest BCUT2D eigenvalue weighted by Gasteiger charge is 2.32. The molecule has 3 rings (SSSR count). The van der Waals surface area contributed by atoms with Gasteiger partial charge in [0, 0.05) is 31.7 Å². The fraction of sp³-hybridized carbons (Fsp3) is 0.391. The molecular weight excluding hydrogens is 416 g/mol. The molecule has 0 aromatic heterocycles. The Labute approximate surface area is 183 Å². The summed E-state index contributed by atoms with van der Waals surface area (Å²) >= 11 is 0. The molecule has 1 amide bonds. The van der Waals surface area contributed by atoms with Gasteiger partial charge in [-0.15, -0.1) is 0 Å². The topological polar surface area (TPSA) is 84.0 Å². The minimum Gasteiger partial charge on any atom is -0.481 e. The van der Waals surface area contributed by atoms with Gasteiger partial charge in [-0.05, 0) is 63.1 Å². The Morgan fingerprint density at radius 2 is 1.65 bits per heavy atom. The van der Waals surface area contributed by atoms with Gasteiger partial charge in [-0.25, -0.2) is 8.42 Å². The molecule has 1 heterocycles. The second kappa shape index (κ2) is 9.20. The number of piperazine rings is 1. The van der Waals surface area contributed by atoms with Crippen LogP contribution in [0.25, 0.3) is 0 Å². The number of ketones is 1. The molecule has 0 aliphatic carbocycles. The summed E-state index contributed by atoms with van der Waals surface area (Å²) in [6, 6.07) is 11.8. The van der Waals surface area contributed by atoms with E-state index in [0.717, 1.165) is 11.1 Å². The van der Waals surface area contributed by atoms with Gasteiger partial charge in [-0.1, -0.05) is 18.2 Å². The molecule has 31 heavy (non-hydrogen) atoms. The molecule has 0 spiro atoms. The lowest BCUT2D eigenvalue weighted by Crippen LogP contribution is -2.53. The van der Waals surface area contributed by atoms with E-state index in [1.54, 1.807) is 48.2 Å². The van der Waals surface area contributed by atoms with E-state index in [1.807, 2.05) is 19.9 Å². The molecule has 1 aliphatic rings. The van der Waals surface area contributed by atoms with Gasteiger partial charge in [-0.2, -0.15) is 4.31 Å². The van der Waals surface area contributed by atoms with Crippen molar-refractivity contribution >= 4 is 21.7 Å². The number of rotatable bonds is 6. The molecule has 2 aromatic rings. The van der Waals surface area contributed by atoms with Crippen molar-refractivity contribution in [2.45, 2.75) is 38.7 Å². The molecular formula is C23H28N2O5S. The number of carbonyl (C=O) groups excluding carboxylic acids is 2. The summed E-state index contributed by atoms with van der Waals surface area (Å²) < 4.78 is 33.1. The van der Waals surface area contributed by atoms with Crippen molar-refractivity contribution in [2.75, 3.05) is 26.2 Å². The first-order valence-electron chi connectivity index (χ1n) is 10.2. The lowest BCUT2D eigenvalue weighted by Gasteiger charge is -2.35. The van der Waals surface area contributed by atoms with Crippen LogP contribution in [0.3, 0.4) is 0 Å². The average Bonchev–Trinajstić information content (AvgIpc) is 2.75. The van der Waals surface area contributed by atoms with Gasteiger partial charge in [-0.3, -0.25) is 9.59 Å². The number of benzene rings is 2. The molecule has 2 aromatic carbocycles. The number of sulfonamides is 1. The quantitative estimate of drug-likeness (QED) is 0.640. The second-order valence-corrected chi connectivity index (χ2v) is 9.76. The van der Waals surface area contributed by atoms with Crippen molar-refractivity contribution in [3.05, 3.63) is 59.2 Å². The molecule has 1 saturated heterocycles. The lowest BCUT2D eigenvalue weighted by molar-refractivity contribution is -0.139. The number of ether oxygens (including phenoxy) is 1. The van der Waals surface area contributed by atoms with Gasteiger partial charge in [0.25, 0.3) is 5.91 Å². The molecule has 1 atom stereocenters. The van der Waals surface area contributed by atoms with Crippen molar-refractivity contribution in [3.8, 4) is 5.75 Å². The highest BCUT2D eigenvalue weighted by Crippen LogP contribution is 2.21. The number of hydrogen-bond acceptors (Lipinski definition) is 5. The normalized spacial score (nSPS) is 16.1. The van der Waals surface area contributed by atoms with Crippen molar-refractivity contribution in [1.82, 2.24) is 9.21 Å². The predicted molar refractivity (Wildman–Crippen MR) is 118 cm³/mol. The molecule has 0 N–H and O–H groups in total. The van der Waals surface area contributed by atoms with E-state index in [1.165, 1.54) is 11.2 Å². The maximum atomic E-state index is 13.0. The fourth-order valence-corrected chi connectivity index (χ4v) is 4.98. The van der Waals surface area contributed by atoms with Crippen LogP contribution >= 0.6 is 0 Å². The van der Waals surface area contributed by atoms with E-state index in [0.29, 0.717) is 24.4 Å². The Morgan fingerprint density at radius 3 is 2.26 bits per heavy atom. The van der Waals surface area contributed by atoms with Crippen LogP contribution in [0.1, 0.15) is 35.3 Å². The third-order valence-electron chi connectivity index (χ3n) is 5.57. The molecule has 0 radical (unpaired) electrons. The zero-order valence-corrected chi connectivity index (χ0v) is 19.1. The standard InChI is InChI=1S/C23H28N2O5S/c1-16-8-9-22(14-17(16)2)31(28,29)25-12-10-24(11-13-25)23(27)19(4)30-21-7-5-6-20(15-21)18(3)26/h5-9,14-15,19H,10-13H2,1-4H3. The maximum Gasteiger partial charge on any atom is 0.263 e. The van der Waals surface area contributed by atoms with E-state index >= 15 is 0 Å². The van der Waals surface area contributed by atoms with Crippen LogP contribution in [-0.2, 0) is 14.8 Å². The van der Waals surface area contributed by atoms with Gasteiger partial charge >= 0.3 is 0 Å². The molecule has 166 valence electrons. The average molecular weight is 445 g/mol. The number of nitrogens with zero attached hydrogens (tertiary/aromatic N) is 2. The van der Waals surface area contributed by atoms with E-state index in [-0.39, 0.29) is 29.7 Å². The minimum atomic E-state index is -3.60. The zero-order valence-electron chi connectivity index (χ0n) is 18.3. The Hall–Kier alpha value is -2.71. The number of Topliss-reactive ketones (excluding diaryl/α,β-unsaturated/α-hetero) is 1. The second-order valence-electron chi connectivity index (χ2n) is 7.82. The Bertz CT molecular complexity index is 1090. The summed E-state index contributed by atoms with van der Waals surface area (Å²) in [5.41, 5.74) is 2.48. The first-order chi connectivity index (χ1) is 14.6. The smallest absolute Gasteiger partial charge is 0.263 e. The Kier molecular flexibility index (Phi) is 6.81. The van der Waals surface area contributed by atoms with Gasteiger partial charge in [0.15, 0.2) is 11.9 Å². The third-order valence-corrected chi connectivity index (χ3v) is 7.46. The van der Waals surface area contributed by atoms with Crippen LogP contribution in [-0.4, -0.2) is 61.6 Å². The molecule has 0 bridgehead atoms. The van der Waals surface area contributed by atoms with Crippen molar-refractivity contribution < 1.29 is 22.7 Å². The van der Waals surface area contributed by atoms with Crippen molar-refractivity contribution in [2.24, 2.45) is 0 Å². The van der Waals surface area contributed by atoms with E-state index in [2.05, 4.69) is 0 Å². The summed E-state index contributed by atoms with van der Waals surface area (Å²) in [6.45, 7) is 8.00. The van der Waals surface area contributed by atoms with E-state index < -0.39 is 16.1 Å². The summed E-state index contributed by atoms with van der Waals surface area (Å²) in [7, 11) is -3.60. The highest BCUT2D eigenvalue weighted by molar-refractivity contribution is 7.89.